The zero-order chi connectivity index (χ0) is 29.8. The summed E-state index contributed by atoms with van der Waals surface area (Å²) in [7, 11) is 1.66. The van der Waals surface area contributed by atoms with E-state index < -0.39 is 4.92 Å². The van der Waals surface area contributed by atoms with Crippen molar-refractivity contribution in [2.45, 2.75) is 32.7 Å². The first-order valence-electron chi connectivity index (χ1n) is 14.1. The fourth-order valence-corrected chi connectivity index (χ4v) is 7.38. The van der Waals surface area contributed by atoms with Gasteiger partial charge in [0.05, 0.1) is 28.3 Å². The number of hydrogen-bond donors (Lipinski definition) is 0. The monoisotopic (exact) mass is 588 g/mol. The number of methoxy groups -OCH3 is 1. The number of hydrogen-bond acceptors (Lipinski definition) is 6. The van der Waals surface area contributed by atoms with Crippen LogP contribution in [0.3, 0.4) is 0 Å². The summed E-state index contributed by atoms with van der Waals surface area (Å²) in [5, 5.41) is 11.1. The number of benzene rings is 3. The van der Waals surface area contributed by atoms with Crippen LogP contribution >= 0.6 is 11.3 Å². The molecule has 214 valence electrons. The molecule has 1 aliphatic heterocycles. The van der Waals surface area contributed by atoms with Crippen molar-refractivity contribution >= 4 is 28.8 Å². The highest BCUT2D eigenvalue weighted by Gasteiger charge is 2.34. The molecular formula is C34H28N4O4S. The third-order valence-corrected chi connectivity index (χ3v) is 9.37. The van der Waals surface area contributed by atoms with Crippen LogP contribution < -0.4 is 19.6 Å². The molecule has 43 heavy (non-hydrogen) atoms. The molecule has 3 aromatic carbocycles. The van der Waals surface area contributed by atoms with Crippen molar-refractivity contribution in [2.24, 2.45) is 4.99 Å². The summed E-state index contributed by atoms with van der Waals surface area (Å²) < 4.78 is 10.3. The molecule has 7 rings (SSSR count). The van der Waals surface area contributed by atoms with Crippen LogP contribution in [0, 0.1) is 24.0 Å². The first kappa shape index (κ1) is 26.9. The van der Waals surface area contributed by atoms with Gasteiger partial charge in [0, 0.05) is 40.3 Å². The van der Waals surface area contributed by atoms with Gasteiger partial charge in [0.15, 0.2) is 4.80 Å². The molecule has 1 aliphatic carbocycles. The summed E-state index contributed by atoms with van der Waals surface area (Å²) in [6, 6.07) is 24.5. The number of thiazole rings is 1. The van der Waals surface area contributed by atoms with Gasteiger partial charge < -0.3 is 9.30 Å². The summed E-state index contributed by atoms with van der Waals surface area (Å²) >= 11 is 1.39. The van der Waals surface area contributed by atoms with Gasteiger partial charge in [-0.25, -0.2) is 4.99 Å². The van der Waals surface area contributed by atoms with Gasteiger partial charge in [-0.1, -0.05) is 53.8 Å². The quantitative estimate of drug-likeness (QED) is 0.196. The maximum atomic E-state index is 14.2. The van der Waals surface area contributed by atoms with Gasteiger partial charge in [0.1, 0.15) is 5.75 Å². The van der Waals surface area contributed by atoms with Crippen LogP contribution in [0.15, 0.2) is 94.2 Å². The Labute approximate surface area is 251 Å². The average Bonchev–Trinajstić information content (AvgIpc) is 3.49. The van der Waals surface area contributed by atoms with Gasteiger partial charge in [-0.2, -0.15) is 0 Å². The molecule has 1 atom stereocenters. The van der Waals surface area contributed by atoms with E-state index in [9.17, 15) is 14.9 Å². The predicted octanol–water partition coefficient (Wildman–Crippen LogP) is 5.64. The number of nitro benzene ring substituents is 1. The lowest BCUT2D eigenvalue weighted by molar-refractivity contribution is -0.384. The molecule has 0 saturated heterocycles. The van der Waals surface area contributed by atoms with Crippen LogP contribution in [-0.2, 0) is 6.42 Å². The molecule has 0 amide bonds. The number of nitro groups is 1. The van der Waals surface area contributed by atoms with Crippen molar-refractivity contribution in [1.82, 2.24) is 9.13 Å². The van der Waals surface area contributed by atoms with Gasteiger partial charge in [-0.05, 0) is 73.7 Å². The fourth-order valence-electron chi connectivity index (χ4n) is 6.39. The van der Waals surface area contributed by atoms with Gasteiger partial charge >= 0.3 is 0 Å². The Bertz CT molecular complexity index is 2150. The first-order valence-corrected chi connectivity index (χ1v) is 14.9. The number of non-ortho nitro benzene ring substituents is 1. The van der Waals surface area contributed by atoms with Gasteiger partial charge in [-0.3, -0.25) is 19.5 Å². The van der Waals surface area contributed by atoms with E-state index in [1.54, 1.807) is 19.2 Å². The molecule has 0 N–H and O–H groups in total. The molecule has 9 heteroatoms. The Morgan fingerprint density at radius 2 is 1.77 bits per heavy atom. The van der Waals surface area contributed by atoms with E-state index >= 15 is 0 Å². The molecule has 2 aromatic heterocycles. The number of fused-ring (bicyclic) bond motifs is 3. The Kier molecular flexibility index (Phi) is 6.47. The second-order valence-electron chi connectivity index (χ2n) is 10.8. The van der Waals surface area contributed by atoms with Crippen LogP contribution in [0.2, 0.25) is 0 Å². The predicted molar refractivity (Wildman–Crippen MR) is 168 cm³/mol. The van der Waals surface area contributed by atoms with E-state index in [0.717, 1.165) is 63.6 Å². The van der Waals surface area contributed by atoms with E-state index in [1.165, 1.54) is 29.0 Å². The molecule has 3 heterocycles. The Hall–Kier alpha value is -5.02. The first-order chi connectivity index (χ1) is 20.9. The lowest BCUT2D eigenvalue weighted by atomic mass is 9.83. The van der Waals surface area contributed by atoms with E-state index in [-0.39, 0.29) is 17.3 Å². The van der Waals surface area contributed by atoms with Crippen molar-refractivity contribution < 1.29 is 9.66 Å². The highest BCUT2D eigenvalue weighted by molar-refractivity contribution is 7.07. The van der Waals surface area contributed by atoms with E-state index in [4.69, 9.17) is 9.73 Å². The third-order valence-electron chi connectivity index (χ3n) is 8.38. The van der Waals surface area contributed by atoms with Crippen molar-refractivity contribution in [3.8, 4) is 11.4 Å². The summed E-state index contributed by atoms with van der Waals surface area (Å²) in [4.78, 5) is 30.8. The minimum absolute atomic E-state index is 0.0440. The van der Waals surface area contributed by atoms with Crippen LogP contribution in [0.4, 0.5) is 5.69 Å². The Morgan fingerprint density at radius 3 is 2.53 bits per heavy atom. The molecule has 0 fully saturated rings. The molecule has 8 nitrogen and oxygen atoms in total. The smallest absolute Gasteiger partial charge is 0.271 e. The van der Waals surface area contributed by atoms with Crippen LogP contribution in [0.25, 0.3) is 17.5 Å². The number of para-hydroxylation sites is 1. The van der Waals surface area contributed by atoms with Crippen molar-refractivity contribution in [1.29, 1.82) is 0 Å². The van der Waals surface area contributed by atoms with Gasteiger partial charge in [-0.15, -0.1) is 0 Å². The van der Waals surface area contributed by atoms with Crippen LogP contribution in [0.1, 0.15) is 46.1 Å². The highest BCUT2D eigenvalue weighted by Crippen LogP contribution is 2.43. The lowest BCUT2D eigenvalue weighted by Crippen LogP contribution is -2.39. The molecule has 5 aromatic rings. The molecular weight excluding hydrogens is 560 g/mol. The topological polar surface area (TPSA) is 91.7 Å². The second-order valence-corrected chi connectivity index (χ2v) is 11.8. The number of aromatic nitrogens is 2. The standard InChI is InChI=1S/C34H28N4O4S/c1-20-18-23(21(2)36(20)24-13-15-25(16-14-24)38(40)41)19-30-33(39)37-32(27-10-6-7-11-29(27)42-3)28-17-12-22-8-4-5-9-26(22)31(28)35-34(37)43-30/h4-11,13-16,18-19,32H,12,17H2,1-3H3/b30-19+/t32-/m1/s1. The maximum Gasteiger partial charge on any atom is 0.271 e. The van der Waals surface area contributed by atoms with E-state index in [2.05, 4.69) is 18.2 Å². The minimum Gasteiger partial charge on any atom is -0.496 e. The van der Waals surface area contributed by atoms with Crippen LogP contribution in [-0.4, -0.2) is 21.2 Å². The van der Waals surface area contributed by atoms with Crippen molar-refractivity contribution in [3.63, 3.8) is 0 Å². The zero-order valence-corrected chi connectivity index (χ0v) is 24.7. The lowest BCUT2D eigenvalue weighted by Gasteiger charge is -2.31. The second kappa shape index (κ2) is 10.4. The molecule has 2 aliphatic rings. The fraction of sp³-hybridized carbons (Fsp3) is 0.176. The summed E-state index contributed by atoms with van der Waals surface area (Å²) in [6.07, 6.45) is 3.62. The van der Waals surface area contributed by atoms with Gasteiger partial charge in [0.25, 0.3) is 11.2 Å². The van der Waals surface area contributed by atoms with Gasteiger partial charge in [0.2, 0.25) is 0 Å². The Balaban J connectivity index is 1.42. The average molecular weight is 589 g/mol. The summed E-state index contributed by atoms with van der Waals surface area (Å²) in [5.41, 5.74) is 8.97. The largest absolute Gasteiger partial charge is 0.496 e. The van der Waals surface area contributed by atoms with Crippen LogP contribution in [0.5, 0.6) is 5.75 Å². The number of allylic oxidation sites excluding steroid dienone is 1. The normalized spacial score (nSPS) is 15.9. The maximum absolute atomic E-state index is 14.2. The molecule has 0 spiro atoms. The van der Waals surface area contributed by atoms with E-state index in [0.29, 0.717) is 9.33 Å². The molecule has 0 radical (unpaired) electrons. The molecule has 0 unspecified atom stereocenters. The third kappa shape index (κ3) is 4.35. The highest BCUT2D eigenvalue weighted by atomic mass is 32.1. The number of ether oxygens (including phenoxy) is 1. The SMILES string of the molecule is COc1ccccc1[C@@H]1C2=C(N=c3s/c(=C/c4cc(C)n(-c5ccc([N+](=O)[O-])cc5)c4C)c(=O)n31)c1ccccc1CC2. The number of rotatable bonds is 5. The summed E-state index contributed by atoms with van der Waals surface area (Å²) in [6.45, 7) is 3.98. The summed E-state index contributed by atoms with van der Waals surface area (Å²) in [5.74, 6) is 0.737. The zero-order valence-electron chi connectivity index (χ0n) is 23.9. The Morgan fingerprint density at radius 1 is 1.02 bits per heavy atom. The molecule has 0 saturated carbocycles. The minimum atomic E-state index is -0.404. The van der Waals surface area contributed by atoms with E-state index in [1.807, 2.05) is 65.5 Å². The number of aryl methyl sites for hydroxylation is 2. The van der Waals surface area contributed by atoms with Crippen molar-refractivity contribution in [3.05, 3.63) is 148 Å². The van der Waals surface area contributed by atoms with Crippen molar-refractivity contribution in [2.75, 3.05) is 7.11 Å². The number of nitrogens with zero attached hydrogens (tertiary/aromatic N) is 4. The molecule has 0 bridgehead atoms.